The molecule has 3 aromatic carbocycles. The molecular weight excluding hydrogens is 562 g/mol. The standard InChI is InChI=1S/C31H29NO9S/c1-16-7-8-18(12-21(16)36-2)27-28-20-14-25(39-5)26(41-42(6,34)35)15-22(20)40-31(33)30(28)32-10-9-17-11-23(37-3)24(38-4)13-19(17)29(27)32/h7-8,11-15H,9-10H2,1-6H3. The predicted octanol–water partition coefficient (Wildman–Crippen LogP) is 5.32. The maximum Gasteiger partial charge on any atom is 0.361 e. The number of hydrogen-bond acceptors (Lipinski definition) is 9. The molecule has 2 aromatic heterocycles. The summed E-state index contributed by atoms with van der Waals surface area (Å²) in [6, 6.07) is 12.8. The second kappa shape index (κ2) is 10.0. The third-order valence-electron chi connectivity index (χ3n) is 7.60. The molecule has 0 bridgehead atoms. The SMILES string of the molecule is COc1cc(-c2c3n(c4c(=O)oc5cc(OS(C)(=O)=O)c(OC)cc5c24)CCc2cc(OC)c(OC)cc2-3)ccc1C. The summed E-state index contributed by atoms with van der Waals surface area (Å²) in [5, 5.41) is 1.19. The lowest BCUT2D eigenvalue weighted by Gasteiger charge is -2.23. The molecule has 42 heavy (non-hydrogen) atoms. The van der Waals surface area contributed by atoms with Gasteiger partial charge in [0, 0.05) is 34.5 Å². The Kier molecular flexibility index (Phi) is 6.57. The summed E-state index contributed by atoms with van der Waals surface area (Å²) in [4.78, 5) is 13.7. The first-order valence-electron chi connectivity index (χ1n) is 13.1. The first kappa shape index (κ1) is 27.5. The molecule has 0 amide bonds. The quantitative estimate of drug-likeness (QED) is 0.183. The number of ether oxygens (including phenoxy) is 4. The van der Waals surface area contributed by atoms with Crippen molar-refractivity contribution in [3.63, 3.8) is 0 Å². The van der Waals surface area contributed by atoms with Gasteiger partial charge in [-0.3, -0.25) is 0 Å². The maximum absolute atomic E-state index is 13.7. The van der Waals surface area contributed by atoms with Crippen molar-refractivity contribution < 1.29 is 36.0 Å². The Labute approximate surface area is 242 Å². The van der Waals surface area contributed by atoms with Gasteiger partial charge in [0.05, 0.1) is 40.4 Å². The fourth-order valence-electron chi connectivity index (χ4n) is 5.79. The van der Waals surface area contributed by atoms with E-state index in [1.165, 1.54) is 13.2 Å². The Bertz CT molecular complexity index is 2070. The van der Waals surface area contributed by atoms with E-state index in [1.54, 1.807) is 27.4 Å². The van der Waals surface area contributed by atoms with E-state index in [2.05, 4.69) is 0 Å². The highest BCUT2D eigenvalue weighted by molar-refractivity contribution is 7.86. The fraction of sp³-hybridized carbons (Fsp3) is 0.258. The zero-order chi connectivity index (χ0) is 29.9. The highest BCUT2D eigenvalue weighted by atomic mass is 32.2. The number of fused-ring (bicyclic) bond motifs is 7. The van der Waals surface area contributed by atoms with Gasteiger partial charge in [-0.05, 0) is 54.3 Å². The molecule has 3 heterocycles. The van der Waals surface area contributed by atoms with Gasteiger partial charge >= 0.3 is 15.7 Å². The molecular formula is C31H29NO9S. The van der Waals surface area contributed by atoms with E-state index < -0.39 is 15.7 Å². The number of benzene rings is 3. The van der Waals surface area contributed by atoms with Gasteiger partial charge in [0.15, 0.2) is 23.0 Å². The van der Waals surface area contributed by atoms with Gasteiger partial charge in [-0.15, -0.1) is 0 Å². The van der Waals surface area contributed by atoms with Crippen LogP contribution < -0.4 is 28.8 Å². The van der Waals surface area contributed by atoms with E-state index in [0.717, 1.165) is 39.8 Å². The second-order valence-electron chi connectivity index (χ2n) is 10.1. The predicted molar refractivity (Wildman–Crippen MR) is 159 cm³/mol. The van der Waals surface area contributed by atoms with E-state index in [0.29, 0.717) is 46.5 Å². The van der Waals surface area contributed by atoms with Crippen LogP contribution >= 0.6 is 0 Å². The Morgan fingerprint density at radius 1 is 0.833 bits per heavy atom. The first-order valence-corrected chi connectivity index (χ1v) is 14.9. The summed E-state index contributed by atoms with van der Waals surface area (Å²) >= 11 is 0. The number of rotatable bonds is 7. The summed E-state index contributed by atoms with van der Waals surface area (Å²) in [5.41, 5.74) is 5.28. The maximum atomic E-state index is 13.7. The van der Waals surface area contributed by atoms with Crippen LogP contribution in [0, 0.1) is 6.92 Å². The Morgan fingerprint density at radius 2 is 1.50 bits per heavy atom. The van der Waals surface area contributed by atoms with Crippen molar-refractivity contribution in [3.05, 3.63) is 64.0 Å². The minimum absolute atomic E-state index is 0.0836. The number of aryl methyl sites for hydroxylation is 3. The minimum Gasteiger partial charge on any atom is -0.496 e. The smallest absolute Gasteiger partial charge is 0.361 e. The summed E-state index contributed by atoms with van der Waals surface area (Å²) in [5.74, 6) is 1.96. The number of hydrogen-bond donors (Lipinski definition) is 0. The lowest BCUT2D eigenvalue weighted by Crippen LogP contribution is -2.15. The van der Waals surface area contributed by atoms with Crippen LogP contribution in [0.4, 0.5) is 0 Å². The van der Waals surface area contributed by atoms with Crippen molar-refractivity contribution in [2.45, 2.75) is 19.9 Å². The molecule has 0 atom stereocenters. The molecule has 0 saturated heterocycles. The average Bonchev–Trinajstić information content (AvgIpc) is 3.32. The van der Waals surface area contributed by atoms with E-state index in [-0.39, 0.29) is 17.1 Å². The van der Waals surface area contributed by atoms with Crippen molar-refractivity contribution in [1.29, 1.82) is 0 Å². The minimum atomic E-state index is -3.88. The normalized spacial score (nSPS) is 12.6. The molecule has 6 rings (SSSR count). The molecule has 0 unspecified atom stereocenters. The molecule has 0 spiro atoms. The van der Waals surface area contributed by atoms with Gasteiger partial charge in [0.25, 0.3) is 0 Å². The fourth-order valence-corrected chi connectivity index (χ4v) is 6.25. The van der Waals surface area contributed by atoms with Gasteiger partial charge in [-0.2, -0.15) is 8.42 Å². The molecule has 1 aliphatic heterocycles. The van der Waals surface area contributed by atoms with Gasteiger partial charge in [-0.1, -0.05) is 12.1 Å². The molecule has 0 fully saturated rings. The lowest BCUT2D eigenvalue weighted by atomic mass is 9.91. The largest absolute Gasteiger partial charge is 0.496 e. The van der Waals surface area contributed by atoms with Crippen molar-refractivity contribution in [2.75, 3.05) is 34.7 Å². The number of methoxy groups -OCH3 is 4. The molecule has 0 radical (unpaired) electrons. The van der Waals surface area contributed by atoms with Crippen LogP contribution in [0.15, 0.2) is 51.7 Å². The third-order valence-corrected chi connectivity index (χ3v) is 8.08. The summed E-state index contributed by atoms with van der Waals surface area (Å²) in [6.45, 7) is 2.47. The summed E-state index contributed by atoms with van der Waals surface area (Å²) in [7, 11) is 2.33. The zero-order valence-electron chi connectivity index (χ0n) is 24.0. The van der Waals surface area contributed by atoms with Crippen LogP contribution in [-0.2, 0) is 23.1 Å². The number of aromatic nitrogens is 1. The Balaban J connectivity index is 1.81. The topological polar surface area (TPSA) is 115 Å². The highest BCUT2D eigenvalue weighted by Gasteiger charge is 2.31. The summed E-state index contributed by atoms with van der Waals surface area (Å²) < 4.78 is 59.3. The van der Waals surface area contributed by atoms with Crippen LogP contribution in [-0.4, -0.2) is 47.7 Å². The molecule has 218 valence electrons. The second-order valence-corrected chi connectivity index (χ2v) is 11.6. The van der Waals surface area contributed by atoms with Crippen molar-refractivity contribution >= 4 is 32.0 Å². The zero-order valence-corrected chi connectivity index (χ0v) is 24.8. The number of nitrogens with zero attached hydrogens (tertiary/aromatic N) is 1. The van der Waals surface area contributed by atoms with E-state index >= 15 is 0 Å². The monoisotopic (exact) mass is 591 g/mol. The van der Waals surface area contributed by atoms with Crippen LogP contribution in [0.5, 0.6) is 28.7 Å². The summed E-state index contributed by atoms with van der Waals surface area (Å²) in [6.07, 6.45) is 1.58. The van der Waals surface area contributed by atoms with Crippen LogP contribution in [0.25, 0.3) is 44.3 Å². The molecule has 0 aliphatic carbocycles. The highest BCUT2D eigenvalue weighted by Crippen LogP contribution is 2.49. The van der Waals surface area contributed by atoms with Crippen LogP contribution in [0.2, 0.25) is 0 Å². The molecule has 0 saturated carbocycles. The van der Waals surface area contributed by atoms with Crippen molar-refractivity contribution in [3.8, 4) is 51.1 Å². The van der Waals surface area contributed by atoms with Crippen LogP contribution in [0.1, 0.15) is 11.1 Å². The van der Waals surface area contributed by atoms with Gasteiger partial charge < -0.3 is 32.1 Å². The average molecular weight is 592 g/mol. The van der Waals surface area contributed by atoms with Crippen molar-refractivity contribution in [2.24, 2.45) is 0 Å². The molecule has 1 aliphatic rings. The Hall–Kier alpha value is -4.64. The third kappa shape index (κ3) is 4.32. The van der Waals surface area contributed by atoms with E-state index in [1.807, 2.05) is 41.8 Å². The van der Waals surface area contributed by atoms with Gasteiger partial charge in [-0.25, -0.2) is 4.79 Å². The van der Waals surface area contributed by atoms with Crippen molar-refractivity contribution in [1.82, 2.24) is 4.57 Å². The molecule has 11 heteroatoms. The van der Waals surface area contributed by atoms with Crippen LogP contribution in [0.3, 0.4) is 0 Å². The van der Waals surface area contributed by atoms with E-state index in [9.17, 15) is 13.2 Å². The van der Waals surface area contributed by atoms with E-state index in [4.69, 9.17) is 27.5 Å². The lowest BCUT2D eigenvalue weighted by molar-refractivity contribution is 0.354. The Morgan fingerprint density at radius 3 is 2.17 bits per heavy atom. The molecule has 5 aromatic rings. The van der Waals surface area contributed by atoms with Gasteiger partial charge in [0.1, 0.15) is 16.8 Å². The first-order chi connectivity index (χ1) is 20.1. The molecule has 10 nitrogen and oxygen atoms in total. The van der Waals surface area contributed by atoms with Gasteiger partial charge in [0.2, 0.25) is 0 Å². The molecule has 0 N–H and O–H groups in total.